The molecule has 0 aliphatic carbocycles. The molecule has 0 bridgehead atoms. The third kappa shape index (κ3) is 5.10. The second kappa shape index (κ2) is 8.89. The van der Waals surface area contributed by atoms with Crippen molar-refractivity contribution in [1.82, 2.24) is 0 Å². The Morgan fingerprint density at radius 1 is 1.26 bits per heavy atom. The molecule has 0 atom stereocenters. The van der Waals surface area contributed by atoms with Crippen LogP contribution in [-0.4, -0.2) is 17.9 Å². The Morgan fingerprint density at radius 3 is 2.59 bits per heavy atom. The van der Waals surface area contributed by atoms with Crippen LogP contribution >= 0.6 is 23.2 Å². The van der Waals surface area contributed by atoms with Crippen molar-refractivity contribution in [2.24, 2.45) is 0 Å². The summed E-state index contributed by atoms with van der Waals surface area (Å²) in [6.45, 7) is 0. The van der Waals surface area contributed by atoms with Crippen molar-refractivity contribution < 1.29 is 14.5 Å². The fraction of sp³-hybridized carbons (Fsp3) is 0.0588. The lowest BCUT2D eigenvalue weighted by Crippen LogP contribution is -2.15. The van der Waals surface area contributed by atoms with Gasteiger partial charge in [0.2, 0.25) is 0 Å². The smallest absolute Gasteiger partial charge is 0.273 e. The molecule has 2 rings (SSSR count). The van der Waals surface area contributed by atoms with Crippen molar-refractivity contribution in [3.8, 4) is 11.8 Å². The van der Waals surface area contributed by atoms with Crippen LogP contribution in [0.15, 0.2) is 48.2 Å². The number of hydrogen-bond acceptors (Lipinski definition) is 6. The number of ether oxygens (including phenoxy) is 1. The van der Waals surface area contributed by atoms with E-state index in [1.165, 1.54) is 37.6 Å². The lowest BCUT2D eigenvalue weighted by molar-refractivity contribution is -0.384. The molecule has 0 saturated heterocycles. The average Bonchev–Trinajstić information content (AvgIpc) is 2.65. The molecule has 0 aliphatic heterocycles. The number of non-ortho nitro benzene ring substituents is 1. The molecule has 0 heterocycles. The number of halogens is 2. The van der Waals surface area contributed by atoms with Crippen molar-refractivity contribution in [2.75, 3.05) is 17.7 Å². The van der Waals surface area contributed by atoms with Crippen molar-refractivity contribution >= 4 is 46.2 Å². The predicted octanol–water partition coefficient (Wildman–Crippen LogP) is 4.37. The predicted molar refractivity (Wildman–Crippen MR) is 102 cm³/mol. The van der Waals surface area contributed by atoms with Gasteiger partial charge >= 0.3 is 0 Å². The minimum atomic E-state index is -0.725. The molecule has 2 aromatic rings. The van der Waals surface area contributed by atoms with Gasteiger partial charge < -0.3 is 15.4 Å². The number of hydrogen-bond donors (Lipinski definition) is 2. The fourth-order valence-electron chi connectivity index (χ4n) is 1.98. The van der Waals surface area contributed by atoms with Crippen LogP contribution in [0, 0.1) is 21.4 Å². The number of nitro groups is 1. The van der Waals surface area contributed by atoms with Crippen molar-refractivity contribution in [1.29, 1.82) is 5.26 Å². The summed E-state index contributed by atoms with van der Waals surface area (Å²) in [6, 6.07) is 10.2. The molecule has 0 spiro atoms. The van der Waals surface area contributed by atoms with Crippen LogP contribution in [0.1, 0.15) is 0 Å². The first-order valence-electron chi connectivity index (χ1n) is 7.31. The number of carbonyl (C=O) groups excluding carboxylic acids is 1. The Labute approximate surface area is 164 Å². The minimum Gasteiger partial charge on any atom is -0.494 e. The van der Waals surface area contributed by atoms with Crippen molar-refractivity contribution in [3.63, 3.8) is 0 Å². The van der Waals surface area contributed by atoms with Crippen LogP contribution in [0.3, 0.4) is 0 Å². The maximum absolute atomic E-state index is 12.3. The zero-order valence-corrected chi connectivity index (χ0v) is 15.3. The van der Waals surface area contributed by atoms with E-state index in [1.54, 1.807) is 18.2 Å². The summed E-state index contributed by atoms with van der Waals surface area (Å²) in [5.41, 5.74) is 0.283. The summed E-state index contributed by atoms with van der Waals surface area (Å²) < 4.78 is 5.04. The molecule has 8 nitrogen and oxygen atoms in total. The number of carbonyl (C=O) groups is 1. The van der Waals surface area contributed by atoms with Gasteiger partial charge in [-0.25, -0.2) is 0 Å². The Bertz CT molecular complexity index is 970. The summed E-state index contributed by atoms with van der Waals surface area (Å²) in [6.07, 6.45) is 1.20. The van der Waals surface area contributed by atoms with Crippen molar-refractivity contribution in [3.05, 3.63) is 68.3 Å². The second-order valence-corrected chi connectivity index (χ2v) is 5.85. The number of nitrogens with zero attached hydrogens (tertiary/aromatic N) is 2. The van der Waals surface area contributed by atoms with Gasteiger partial charge in [-0.1, -0.05) is 23.2 Å². The van der Waals surface area contributed by atoms with E-state index in [0.717, 1.165) is 0 Å². The van der Waals surface area contributed by atoms with E-state index in [9.17, 15) is 20.2 Å². The number of amides is 1. The second-order valence-electron chi connectivity index (χ2n) is 5.04. The maximum Gasteiger partial charge on any atom is 0.273 e. The molecular weight excluding hydrogens is 395 g/mol. The average molecular weight is 407 g/mol. The Morgan fingerprint density at radius 2 is 2.00 bits per heavy atom. The van der Waals surface area contributed by atoms with Gasteiger partial charge in [0.1, 0.15) is 17.4 Å². The number of nitrogens with one attached hydrogen (secondary N) is 2. The highest BCUT2D eigenvalue weighted by atomic mass is 35.5. The molecule has 0 aromatic heterocycles. The van der Waals surface area contributed by atoms with Gasteiger partial charge in [-0.05, 0) is 24.3 Å². The number of nitriles is 1. The van der Waals surface area contributed by atoms with E-state index >= 15 is 0 Å². The lowest BCUT2D eigenvalue weighted by atomic mass is 10.2. The van der Waals surface area contributed by atoms with E-state index in [4.69, 9.17) is 27.9 Å². The largest absolute Gasteiger partial charge is 0.494 e. The summed E-state index contributed by atoms with van der Waals surface area (Å²) >= 11 is 11.7. The van der Waals surface area contributed by atoms with Crippen molar-refractivity contribution in [2.45, 2.75) is 0 Å². The van der Waals surface area contributed by atoms with E-state index in [0.29, 0.717) is 15.7 Å². The third-order valence-corrected chi connectivity index (χ3v) is 4.05. The molecule has 1 amide bonds. The molecule has 0 aliphatic rings. The van der Waals surface area contributed by atoms with Crippen LogP contribution in [0.5, 0.6) is 5.75 Å². The van der Waals surface area contributed by atoms with Crippen LogP contribution in [0.4, 0.5) is 17.1 Å². The van der Waals surface area contributed by atoms with Crippen LogP contribution in [0.2, 0.25) is 10.0 Å². The summed E-state index contributed by atoms with van der Waals surface area (Å²) in [4.78, 5) is 22.5. The summed E-state index contributed by atoms with van der Waals surface area (Å²) in [5, 5.41) is 25.9. The van der Waals surface area contributed by atoms with Crippen LogP contribution < -0.4 is 15.4 Å². The highest BCUT2D eigenvalue weighted by Crippen LogP contribution is 2.29. The lowest BCUT2D eigenvalue weighted by Gasteiger charge is -2.10. The summed E-state index contributed by atoms with van der Waals surface area (Å²) in [7, 11) is 1.31. The standard InChI is InChI=1S/C17H12Cl2N4O4/c1-27-16-7-12(23(25)26)3-5-15(16)22-17(24)10(8-20)9-21-11-2-4-13(18)14(19)6-11/h2-7,9,21H,1H3,(H,22,24)/b10-9-. The van der Waals surface area contributed by atoms with Gasteiger partial charge in [-0.3, -0.25) is 14.9 Å². The van der Waals surface area contributed by atoms with Gasteiger partial charge in [0.25, 0.3) is 11.6 Å². The number of benzene rings is 2. The van der Waals surface area contributed by atoms with Crippen LogP contribution in [0.25, 0.3) is 0 Å². The SMILES string of the molecule is COc1cc([N+](=O)[O-])ccc1NC(=O)/C(C#N)=C\Nc1ccc(Cl)c(Cl)c1. The molecule has 10 heteroatoms. The zero-order valence-electron chi connectivity index (χ0n) is 13.8. The van der Waals surface area contributed by atoms with Gasteiger partial charge in [0.05, 0.1) is 33.8 Å². The Balaban J connectivity index is 2.18. The molecule has 0 unspecified atom stereocenters. The topological polar surface area (TPSA) is 117 Å². The highest BCUT2D eigenvalue weighted by molar-refractivity contribution is 6.42. The number of nitro benzene ring substituents is 1. The maximum atomic E-state index is 12.3. The molecule has 0 saturated carbocycles. The van der Waals surface area contributed by atoms with Gasteiger partial charge in [-0.15, -0.1) is 0 Å². The number of methoxy groups -OCH3 is 1. The molecule has 2 aromatic carbocycles. The van der Waals surface area contributed by atoms with Crippen LogP contribution in [-0.2, 0) is 4.79 Å². The summed E-state index contributed by atoms with van der Waals surface area (Å²) in [5.74, 6) is -0.635. The van der Waals surface area contributed by atoms with E-state index in [2.05, 4.69) is 10.6 Å². The quantitative estimate of drug-likeness (QED) is 0.318. The van der Waals surface area contributed by atoms with E-state index in [1.807, 2.05) is 0 Å². The minimum absolute atomic E-state index is 0.0901. The Hall–Kier alpha value is -3.28. The monoisotopic (exact) mass is 406 g/mol. The first-order chi connectivity index (χ1) is 12.8. The van der Waals surface area contributed by atoms with E-state index in [-0.39, 0.29) is 22.7 Å². The number of rotatable bonds is 6. The molecule has 138 valence electrons. The molecule has 0 radical (unpaired) electrons. The Kier molecular flexibility index (Phi) is 6.60. The number of anilines is 2. The highest BCUT2D eigenvalue weighted by Gasteiger charge is 2.15. The first-order valence-corrected chi connectivity index (χ1v) is 8.07. The van der Waals surface area contributed by atoms with Gasteiger partial charge in [0.15, 0.2) is 0 Å². The molecular formula is C17H12Cl2N4O4. The van der Waals surface area contributed by atoms with Gasteiger partial charge in [-0.2, -0.15) is 5.26 Å². The fourth-order valence-corrected chi connectivity index (χ4v) is 2.27. The third-order valence-electron chi connectivity index (χ3n) is 3.31. The van der Waals surface area contributed by atoms with E-state index < -0.39 is 10.8 Å². The molecule has 27 heavy (non-hydrogen) atoms. The zero-order chi connectivity index (χ0) is 20.0. The van der Waals surface area contributed by atoms with Gasteiger partial charge in [0, 0.05) is 18.0 Å². The normalized spacial score (nSPS) is 10.7. The molecule has 2 N–H and O–H groups in total. The first kappa shape index (κ1) is 20.0. The molecule has 0 fully saturated rings.